The average molecular weight is 305 g/mol. The Morgan fingerprint density at radius 2 is 1.64 bits per heavy atom. The van der Waals surface area contributed by atoms with Gasteiger partial charge in [0.25, 0.3) is 0 Å². The maximum atomic E-state index is 9.52. The first kappa shape index (κ1) is 12.3. The first-order chi connectivity index (χ1) is 6.38. The minimum atomic E-state index is 0. The topological polar surface area (TPSA) is 33.1 Å². The van der Waals surface area contributed by atoms with Gasteiger partial charge in [0.05, 0.1) is 5.69 Å². The van der Waals surface area contributed by atoms with Crippen LogP contribution in [-0.4, -0.2) is 79.0 Å². The second-order valence-corrected chi connectivity index (χ2v) is 2.73. The van der Waals surface area contributed by atoms with E-state index in [2.05, 4.69) is 4.98 Å². The van der Waals surface area contributed by atoms with Crippen LogP contribution in [0, 0.1) is 0 Å². The van der Waals surface area contributed by atoms with E-state index in [4.69, 9.17) is 0 Å². The fraction of sp³-hybridized carbons (Fsp3) is 0. The molecule has 2 rings (SSSR count). The summed E-state index contributed by atoms with van der Waals surface area (Å²) in [6.45, 7) is 0. The van der Waals surface area contributed by atoms with Crippen LogP contribution in [0.25, 0.3) is 11.3 Å². The number of hydrogen-bond acceptors (Lipinski definition) is 2. The van der Waals surface area contributed by atoms with Gasteiger partial charge in [0, 0.05) is 11.8 Å². The zero-order valence-corrected chi connectivity index (χ0v) is 7.01. The number of para-hydroxylation sites is 1. The molecule has 0 aliphatic carbocycles. The van der Waals surface area contributed by atoms with E-state index in [1.165, 1.54) is 0 Å². The molecule has 66 valence electrons. The molecule has 1 aromatic heterocycles. The van der Waals surface area contributed by atoms with Crippen LogP contribution in [0.4, 0.5) is 0 Å². The first-order valence-electron chi connectivity index (χ1n) is 4.07. The number of rotatable bonds is 1. The Bertz CT molecular complexity index is 403. The fourth-order valence-corrected chi connectivity index (χ4v) is 1.21. The Labute approximate surface area is 142 Å². The van der Waals surface area contributed by atoms with E-state index in [1.807, 2.05) is 30.3 Å². The maximum absolute atomic E-state index is 9.52. The van der Waals surface area contributed by atoms with Gasteiger partial charge in [-0.15, -0.1) is 0 Å². The zero-order chi connectivity index (χ0) is 9.10. The molecule has 3 heteroatoms. The summed E-state index contributed by atoms with van der Waals surface area (Å²) in [6, 6.07) is 12.8. The van der Waals surface area contributed by atoms with Crippen molar-refractivity contribution in [2.24, 2.45) is 0 Å². The van der Waals surface area contributed by atoms with E-state index in [1.54, 1.807) is 18.3 Å². The number of hydrogen-bond donors (Lipinski definition) is 1. The molecular formula is C11H10CsNO. The van der Waals surface area contributed by atoms with Crippen molar-refractivity contribution in [3.05, 3.63) is 48.7 Å². The number of pyridine rings is 1. The van der Waals surface area contributed by atoms with Crippen molar-refractivity contribution in [2.45, 2.75) is 0 Å². The number of benzene rings is 1. The van der Waals surface area contributed by atoms with E-state index in [-0.39, 0.29) is 74.6 Å². The Hall–Kier alpha value is 0.222. The Morgan fingerprint density at radius 3 is 2.29 bits per heavy atom. The molecule has 1 N–H and O–H groups in total. The van der Waals surface area contributed by atoms with Crippen molar-refractivity contribution in [1.29, 1.82) is 0 Å². The molecule has 0 saturated carbocycles. The van der Waals surface area contributed by atoms with Crippen LogP contribution >= 0.6 is 0 Å². The molecule has 0 aliphatic rings. The molecule has 2 nitrogen and oxygen atoms in total. The third-order valence-electron chi connectivity index (χ3n) is 1.84. The van der Waals surface area contributed by atoms with Gasteiger partial charge in [0.2, 0.25) is 0 Å². The standard InChI is InChI=1S/C11H9NO.Cs.H/c13-11-7-2-1-5-9(11)10-6-3-4-8-12-10;;/h1-8,13H;;. The van der Waals surface area contributed by atoms with Crippen molar-refractivity contribution >= 4 is 68.9 Å². The summed E-state index contributed by atoms with van der Waals surface area (Å²) in [5, 5.41) is 9.52. The third kappa shape index (κ3) is 2.85. The Balaban J connectivity index is 0.000000980. The molecule has 0 atom stereocenters. The summed E-state index contributed by atoms with van der Waals surface area (Å²) >= 11 is 0. The van der Waals surface area contributed by atoms with Crippen molar-refractivity contribution < 1.29 is 5.11 Å². The molecule has 0 saturated heterocycles. The molecule has 0 fully saturated rings. The summed E-state index contributed by atoms with van der Waals surface area (Å²) in [4.78, 5) is 4.15. The minimum absolute atomic E-state index is 0. The van der Waals surface area contributed by atoms with Gasteiger partial charge < -0.3 is 5.11 Å². The van der Waals surface area contributed by atoms with Crippen molar-refractivity contribution in [2.75, 3.05) is 0 Å². The molecule has 1 heterocycles. The third-order valence-corrected chi connectivity index (χ3v) is 1.84. The van der Waals surface area contributed by atoms with Crippen LogP contribution in [0.5, 0.6) is 5.75 Å². The number of phenols is 1. The molecule has 0 unspecified atom stereocenters. The number of aromatic hydroxyl groups is 1. The predicted octanol–water partition coefficient (Wildman–Crippen LogP) is 1.81. The van der Waals surface area contributed by atoms with Crippen LogP contribution in [-0.2, 0) is 0 Å². The van der Waals surface area contributed by atoms with E-state index in [0.717, 1.165) is 11.3 Å². The molecule has 0 radical (unpaired) electrons. The van der Waals surface area contributed by atoms with E-state index in [0.29, 0.717) is 0 Å². The van der Waals surface area contributed by atoms with Gasteiger partial charge in [0.15, 0.2) is 0 Å². The summed E-state index contributed by atoms with van der Waals surface area (Å²) < 4.78 is 0. The first-order valence-corrected chi connectivity index (χ1v) is 4.07. The van der Waals surface area contributed by atoms with Crippen molar-refractivity contribution in [1.82, 2.24) is 4.98 Å². The molecular weight excluding hydrogens is 295 g/mol. The monoisotopic (exact) mass is 305 g/mol. The van der Waals surface area contributed by atoms with Crippen molar-refractivity contribution in [3.63, 3.8) is 0 Å². The summed E-state index contributed by atoms with van der Waals surface area (Å²) in [5.41, 5.74) is 1.56. The van der Waals surface area contributed by atoms with E-state index in [9.17, 15) is 5.11 Å². The number of aromatic nitrogens is 1. The molecule has 14 heavy (non-hydrogen) atoms. The van der Waals surface area contributed by atoms with Crippen LogP contribution in [0.1, 0.15) is 0 Å². The molecule has 0 amide bonds. The second-order valence-electron chi connectivity index (χ2n) is 2.73. The SMILES string of the molecule is Oc1ccccc1-c1ccccn1.[CsH]. The Morgan fingerprint density at radius 1 is 0.929 bits per heavy atom. The van der Waals surface area contributed by atoms with Gasteiger partial charge in [-0.2, -0.15) is 0 Å². The van der Waals surface area contributed by atoms with Gasteiger partial charge in [-0.3, -0.25) is 4.98 Å². The van der Waals surface area contributed by atoms with Crippen LogP contribution in [0.3, 0.4) is 0 Å². The number of phenolic OH excluding ortho intramolecular Hbond substituents is 1. The van der Waals surface area contributed by atoms with Crippen LogP contribution in [0.15, 0.2) is 48.7 Å². The quantitative estimate of drug-likeness (QED) is 0.871. The van der Waals surface area contributed by atoms with Crippen LogP contribution < -0.4 is 0 Å². The van der Waals surface area contributed by atoms with Gasteiger partial charge in [-0.25, -0.2) is 0 Å². The molecule has 0 bridgehead atoms. The predicted molar refractivity (Wildman–Crippen MR) is 58.5 cm³/mol. The van der Waals surface area contributed by atoms with Crippen LogP contribution in [0.2, 0.25) is 0 Å². The van der Waals surface area contributed by atoms with E-state index >= 15 is 0 Å². The normalized spacial score (nSPS) is 9.14. The van der Waals surface area contributed by atoms with Gasteiger partial charge in [-0.1, -0.05) is 18.2 Å². The molecule has 0 spiro atoms. The van der Waals surface area contributed by atoms with Gasteiger partial charge in [-0.05, 0) is 24.3 Å². The van der Waals surface area contributed by atoms with Gasteiger partial charge in [0.1, 0.15) is 5.75 Å². The van der Waals surface area contributed by atoms with E-state index < -0.39 is 0 Å². The molecule has 2 aromatic rings. The average Bonchev–Trinajstić information content (AvgIpc) is 2.20. The zero-order valence-electron chi connectivity index (χ0n) is 7.01. The summed E-state index contributed by atoms with van der Waals surface area (Å²) in [7, 11) is 0. The molecule has 1 aromatic carbocycles. The van der Waals surface area contributed by atoms with Gasteiger partial charge >= 0.3 is 68.9 Å². The molecule has 0 aliphatic heterocycles. The number of nitrogens with zero attached hydrogens (tertiary/aromatic N) is 1. The fourth-order valence-electron chi connectivity index (χ4n) is 1.21. The second kappa shape index (κ2) is 5.95. The summed E-state index contributed by atoms with van der Waals surface area (Å²) in [6.07, 6.45) is 1.71. The Kier molecular flexibility index (Phi) is 5.22. The van der Waals surface area contributed by atoms with Crippen molar-refractivity contribution in [3.8, 4) is 17.0 Å². The summed E-state index contributed by atoms with van der Waals surface area (Å²) in [5.74, 6) is 0.265.